The van der Waals surface area contributed by atoms with Crippen LogP contribution in [0.1, 0.15) is 83.1 Å². The fourth-order valence-corrected chi connectivity index (χ4v) is 8.90. The maximum Gasteiger partial charge on any atom is 0.340 e. The molecule has 0 aromatic heterocycles. The van der Waals surface area contributed by atoms with Gasteiger partial charge in [0.2, 0.25) is 0 Å². The minimum Gasteiger partial charge on any atom is -0.427 e. The number of allylic oxidation sites excluding steroid dienone is 5. The van der Waals surface area contributed by atoms with E-state index in [1.807, 2.05) is 6.07 Å². The largest absolute Gasteiger partial charge is 0.427 e. The van der Waals surface area contributed by atoms with E-state index in [-0.39, 0.29) is 23.8 Å². The second-order valence-corrected chi connectivity index (χ2v) is 12.8. The Hall–Kier alpha value is -2.88. The number of rotatable bonds is 7. The fraction of sp³-hybridized carbons (Fsp3) is 0.543. The Morgan fingerprint density at radius 3 is 2.64 bits per heavy atom. The first-order valence-corrected chi connectivity index (χ1v) is 15.4. The quantitative estimate of drug-likeness (QED) is 0.342. The van der Waals surface area contributed by atoms with Crippen molar-refractivity contribution >= 4 is 11.9 Å². The monoisotopic (exact) mass is 524 g/mol. The highest BCUT2D eigenvalue weighted by Crippen LogP contribution is 2.68. The van der Waals surface area contributed by atoms with Crippen molar-refractivity contribution in [1.29, 1.82) is 0 Å². The molecule has 4 heteroatoms. The van der Waals surface area contributed by atoms with Crippen LogP contribution in [0.25, 0.3) is 0 Å². The van der Waals surface area contributed by atoms with E-state index in [4.69, 9.17) is 9.47 Å². The molecule has 1 saturated heterocycles. The number of hydrogen-bond acceptors (Lipinski definition) is 4. The number of fused-ring (bicyclic) bond motifs is 1. The molecule has 5 aliphatic carbocycles. The van der Waals surface area contributed by atoms with E-state index in [0.29, 0.717) is 11.8 Å². The van der Waals surface area contributed by atoms with E-state index < -0.39 is 5.41 Å². The molecular weight excluding hydrogens is 484 g/mol. The van der Waals surface area contributed by atoms with Crippen LogP contribution in [0.4, 0.5) is 0 Å². The van der Waals surface area contributed by atoms with Crippen LogP contribution in [0.5, 0.6) is 0 Å². The third-order valence-electron chi connectivity index (χ3n) is 10.8. The highest BCUT2D eigenvalue weighted by molar-refractivity contribution is 5.99. The van der Waals surface area contributed by atoms with Gasteiger partial charge in [0, 0.05) is 22.6 Å². The summed E-state index contributed by atoms with van der Waals surface area (Å²) in [5.74, 6) is 2.98. The SMILES string of the molecule is CC[C@H](C=C1OC(=O)C2=C[C@@H]3CC[C@]12[C@H]1C2=C(CC[C@H]31)C(=CCCC1CCCC1)OC2=O)Cc1ccccc1. The van der Waals surface area contributed by atoms with Gasteiger partial charge in [-0.05, 0) is 92.8 Å². The summed E-state index contributed by atoms with van der Waals surface area (Å²) in [6.07, 6.45) is 19.9. The van der Waals surface area contributed by atoms with Gasteiger partial charge in [0.25, 0.3) is 0 Å². The van der Waals surface area contributed by atoms with Crippen LogP contribution < -0.4 is 0 Å². The highest BCUT2D eigenvalue weighted by atomic mass is 16.5. The molecule has 3 fully saturated rings. The Labute approximate surface area is 232 Å². The summed E-state index contributed by atoms with van der Waals surface area (Å²) in [6, 6.07) is 10.5. The minimum absolute atomic E-state index is 0.0276. The van der Waals surface area contributed by atoms with Gasteiger partial charge in [-0.1, -0.05) is 69.0 Å². The molecule has 2 bridgehead atoms. The minimum atomic E-state index is -0.528. The van der Waals surface area contributed by atoms with Crippen LogP contribution in [0, 0.1) is 35.0 Å². The first-order valence-electron chi connectivity index (χ1n) is 15.4. The molecule has 5 atom stereocenters. The van der Waals surface area contributed by atoms with Crippen molar-refractivity contribution in [1.82, 2.24) is 0 Å². The van der Waals surface area contributed by atoms with Crippen LogP contribution in [-0.4, -0.2) is 11.9 Å². The van der Waals surface area contributed by atoms with Crippen LogP contribution in [0.2, 0.25) is 0 Å². The van der Waals surface area contributed by atoms with Gasteiger partial charge in [-0.3, -0.25) is 0 Å². The molecular formula is C35H40O4. The molecule has 2 heterocycles. The van der Waals surface area contributed by atoms with Crippen molar-refractivity contribution in [3.8, 4) is 0 Å². The third-order valence-corrected chi connectivity index (χ3v) is 10.8. The van der Waals surface area contributed by atoms with Gasteiger partial charge >= 0.3 is 11.9 Å². The smallest absolute Gasteiger partial charge is 0.340 e. The van der Waals surface area contributed by atoms with Gasteiger partial charge in [-0.2, -0.15) is 0 Å². The maximum atomic E-state index is 13.6. The zero-order chi connectivity index (χ0) is 26.6. The maximum absolute atomic E-state index is 13.6. The number of ether oxygens (including phenoxy) is 2. The molecule has 1 aromatic carbocycles. The Kier molecular flexibility index (Phi) is 6.40. The highest BCUT2D eigenvalue weighted by Gasteiger charge is 2.66. The summed E-state index contributed by atoms with van der Waals surface area (Å²) in [5.41, 5.74) is 3.54. The van der Waals surface area contributed by atoms with E-state index in [2.05, 4.69) is 49.4 Å². The molecule has 39 heavy (non-hydrogen) atoms. The molecule has 1 aromatic rings. The Balaban J connectivity index is 1.25. The van der Waals surface area contributed by atoms with E-state index >= 15 is 0 Å². The first kappa shape index (κ1) is 25.1. The molecule has 0 radical (unpaired) electrons. The first-order chi connectivity index (χ1) is 19.1. The summed E-state index contributed by atoms with van der Waals surface area (Å²) in [5, 5.41) is 0. The molecule has 0 N–H and O–H groups in total. The predicted octanol–water partition coefficient (Wildman–Crippen LogP) is 7.77. The van der Waals surface area contributed by atoms with Crippen molar-refractivity contribution in [2.24, 2.45) is 35.0 Å². The molecule has 7 aliphatic rings. The van der Waals surface area contributed by atoms with Crippen molar-refractivity contribution in [2.45, 2.75) is 84.0 Å². The number of carbonyl (C=O) groups excluding carboxylic acids is 2. The second kappa shape index (κ2) is 9.94. The van der Waals surface area contributed by atoms with Crippen molar-refractivity contribution in [2.75, 3.05) is 0 Å². The van der Waals surface area contributed by atoms with Crippen molar-refractivity contribution < 1.29 is 19.1 Å². The van der Waals surface area contributed by atoms with Crippen LogP contribution >= 0.6 is 0 Å². The summed E-state index contributed by atoms with van der Waals surface area (Å²) in [6.45, 7) is 2.20. The summed E-state index contributed by atoms with van der Waals surface area (Å²) in [7, 11) is 0. The lowest BCUT2D eigenvalue weighted by molar-refractivity contribution is -0.135. The predicted molar refractivity (Wildman–Crippen MR) is 150 cm³/mol. The molecule has 8 rings (SSSR count). The fourth-order valence-electron chi connectivity index (χ4n) is 8.90. The summed E-state index contributed by atoms with van der Waals surface area (Å²) in [4.78, 5) is 26.9. The topological polar surface area (TPSA) is 52.6 Å². The van der Waals surface area contributed by atoms with Crippen LogP contribution in [0.15, 0.2) is 76.8 Å². The van der Waals surface area contributed by atoms with Crippen molar-refractivity contribution in [3.63, 3.8) is 0 Å². The van der Waals surface area contributed by atoms with Gasteiger partial charge in [0.05, 0.1) is 5.41 Å². The number of benzene rings is 1. The van der Waals surface area contributed by atoms with Crippen molar-refractivity contribution in [3.05, 3.63) is 82.4 Å². The van der Waals surface area contributed by atoms with E-state index in [1.165, 1.54) is 37.7 Å². The molecule has 2 saturated carbocycles. The number of cyclic esters (lactones) is 2. The van der Waals surface area contributed by atoms with Gasteiger partial charge in [0.1, 0.15) is 11.5 Å². The third kappa shape index (κ3) is 4.08. The zero-order valence-electron chi connectivity index (χ0n) is 23.1. The van der Waals surface area contributed by atoms with Gasteiger partial charge < -0.3 is 9.47 Å². The Morgan fingerprint density at radius 1 is 1.03 bits per heavy atom. The Bertz CT molecular complexity index is 1290. The average Bonchev–Trinajstić information content (AvgIpc) is 3.67. The second-order valence-electron chi connectivity index (χ2n) is 12.8. The molecule has 2 aliphatic heterocycles. The van der Waals surface area contributed by atoms with Gasteiger partial charge in [0.15, 0.2) is 0 Å². The lowest BCUT2D eigenvalue weighted by Crippen LogP contribution is -2.50. The number of hydrogen-bond donors (Lipinski definition) is 0. The standard InChI is InChI=1S/C35H40O4/c1-2-22(19-24-11-4-3-5-12-24)20-30-35-18-17-25(21-28(35)33(36)39-30)26-15-16-27-29(38-34(37)31(27)32(26)35)14-8-13-23-9-6-7-10-23/h3-5,11-12,14,20-23,25-26,32H,2,6-10,13,15-19H2,1H3/t22-,25-,26+,32+,35+/m0/s1. The molecule has 1 spiro atoms. The normalized spacial score (nSPS) is 34.2. The Morgan fingerprint density at radius 2 is 1.85 bits per heavy atom. The van der Waals surface area contributed by atoms with Gasteiger partial charge in [-0.15, -0.1) is 0 Å². The molecule has 0 amide bonds. The van der Waals surface area contributed by atoms with Crippen LogP contribution in [-0.2, 0) is 25.5 Å². The average molecular weight is 525 g/mol. The van der Waals surface area contributed by atoms with E-state index in [1.54, 1.807) is 0 Å². The molecule has 4 nitrogen and oxygen atoms in total. The van der Waals surface area contributed by atoms with E-state index in [9.17, 15) is 9.59 Å². The van der Waals surface area contributed by atoms with Crippen LogP contribution in [0.3, 0.4) is 0 Å². The lowest BCUT2D eigenvalue weighted by Gasteiger charge is -2.54. The molecule has 204 valence electrons. The summed E-state index contributed by atoms with van der Waals surface area (Å²) >= 11 is 0. The number of esters is 2. The van der Waals surface area contributed by atoms with E-state index in [0.717, 1.165) is 79.1 Å². The summed E-state index contributed by atoms with van der Waals surface area (Å²) < 4.78 is 12.1. The lowest BCUT2D eigenvalue weighted by atomic mass is 9.46. The van der Waals surface area contributed by atoms with Gasteiger partial charge in [-0.25, -0.2) is 9.59 Å². The zero-order valence-corrected chi connectivity index (χ0v) is 23.1. The molecule has 0 unspecified atom stereocenters. The number of carbonyl (C=O) groups is 2.